The van der Waals surface area contributed by atoms with Gasteiger partial charge < -0.3 is 15.3 Å². The number of hydrogen-bond acceptors (Lipinski definition) is 6. The summed E-state index contributed by atoms with van der Waals surface area (Å²) in [5.41, 5.74) is 1.78. The van der Waals surface area contributed by atoms with Gasteiger partial charge >= 0.3 is 5.97 Å². The van der Waals surface area contributed by atoms with E-state index in [-0.39, 0.29) is 0 Å². The maximum absolute atomic E-state index is 10.2. The first-order chi connectivity index (χ1) is 18.0. The summed E-state index contributed by atoms with van der Waals surface area (Å²) in [6.45, 7) is 15.5. The molecule has 3 N–H and O–H groups in total. The van der Waals surface area contributed by atoms with Crippen LogP contribution in [0, 0.1) is 23.2 Å². The molecule has 0 aliphatic heterocycles. The number of carboxylic acid groups (broad SMARTS) is 1. The molecule has 3 aromatic rings. The smallest absolute Gasteiger partial charge is 0.337 e. The van der Waals surface area contributed by atoms with E-state index in [9.17, 15) is 9.59 Å². The van der Waals surface area contributed by atoms with Gasteiger partial charge in [0.25, 0.3) is 0 Å². The van der Waals surface area contributed by atoms with Crippen molar-refractivity contribution in [2.75, 3.05) is 0 Å². The molecule has 0 saturated carbocycles. The maximum Gasteiger partial charge on any atom is 0.337 e. The molecule has 0 heterocycles. The Morgan fingerprint density at radius 3 is 1.32 bits per heavy atom. The second kappa shape index (κ2) is 31.7. The van der Waals surface area contributed by atoms with Crippen molar-refractivity contribution in [1.29, 1.82) is 10.5 Å². The number of nitrogens with zero attached hydrogens (tertiary/aromatic N) is 2. The molecule has 0 spiro atoms. The first-order valence-electron chi connectivity index (χ1n) is 11.8. The van der Waals surface area contributed by atoms with Crippen LogP contribution in [0.3, 0.4) is 0 Å². The molecule has 0 saturated heterocycles. The second-order valence-electron chi connectivity index (χ2n) is 5.62. The Morgan fingerprint density at radius 1 is 0.730 bits per heavy atom. The highest BCUT2D eigenvalue weighted by molar-refractivity contribution is 5.74. The summed E-state index contributed by atoms with van der Waals surface area (Å²) in [4.78, 5) is 20.3. The molecule has 0 aromatic heterocycles. The van der Waals surface area contributed by atoms with Crippen molar-refractivity contribution in [2.24, 2.45) is 0 Å². The Labute approximate surface area is 221 Å². The number of rotatable bonds is 4. The molecule has 2 unspecified atom stereocenters. The lowest BCUT2D eigenvalue weighted by molar-refractivity contribution is -0.146. The van der Waals surface area contributed by atoms with Crippen molar-refractivity contribution < 1.29 is 24.9 Å². The molecule has 2 atom stereocenters. The Hall–Kier alpha value is -4.30. The molecule has 3 rings (SSSR count). The predicted octanol–water partition coefficient (Wildman–Crippen LogP) is 6.77. The third-order valence-corrected chi connectivity index (χ3v) is 3.52. The summed E-state index contributed by atoms with van der Waals surface area (Å²) >= 11 is 0. The highest BCUT2D eigenvalue weighted by Gasteiger charge is 2.14. The van der Waals surface area contributed by atoms with Gasteiger partial charge in [-0.25, -0.2) is 10.1 Å². The molecule has 0 aliphatic carbocycles. The van der Waals surface area contributed by atoms with Crippen LogP contribution >= 0.6 is 0 Å². The SMILES string of the molecule is C#N.CC.CC.CC.N#CC(O)c1ccccc1.O=C(O)C(O)c1ccccc1.O=Cc1ccccc1. The zero-order chi connectivity index (χ0) is 29.5. The summed E-state index contributed by atoms with van der Waals surface area (Å²) < 4.78 is 0. The van der Waals surface area contributed by atoms with Crippen molar-refractivity contribution in [3.05, 3.63) is 108 Å². The van der Waals surface area contributed by atoms with Crippen LogP contribution in [-0.4, -0.2) is 27.6 Å². The van der Waals surface area contributed by atoms with Gasteiger partial charge in [-0.05, 0) is 11.1 Å². The minimum Gasteiger partial charge on any atom is -0.479 e. The lowest BCUT2D eigenvalue weighted by Crippen LogP contribution is -2.09. The normalized spacial score (nSPS) is 9.32. The van der Waals surface area contributed by atoms with Crippen LogP contribution in [0.25, 0.3) is 0 Å². The monoisotopic (exact) mass is 508 g/mol. The van der Waals surface area contributed by atoms with Crippen LogP contribution in [-0.2, 0) is 4.79 Å². The second-order valence-corrected chi connectivity index (χ2v) is 5.62. The van der Waals surface area contributed by atoms with E-state index in [0.29, 0.717) is 11.1 Å². The molecule has 7 nitrogen and oxygen atoms in total. The number of hydrogen-bond donors (Lipinski definition) is 3. The third kappa shape index (κ3) is 21.9. The van der Waals surface area contributed by atoms with E-state index in [2.05, 4.69) is 6.57 Å². The van der Waals surface area contributed by atoms with Crippen LogP contribution in [0.15, 0.2) is 91.0 Å². The van der Waals surface area contributed by atoms with Gasteiger partial charge in [-0.15, -0.1) is 0 Å². The number of carbonyl (C=O) groups is 2. The molecule has 0 bridgehead atoms. The number of aldehydes is 1. The molecule has 7 heteroatoms. The number of aliphatic hydroxyl groups is 2. The minimum absolute atomic E-state index is 0.403. The number of nitriles is 2. The Morgan fingerprint density at radius 2 is 1.05 bits per heavy atom. The Balaban J connectivity index is -0.000000195. The number of carboxylic acids is 1. The molecular formula is C30H40N2O5. The van der Waals surface area contributed by atoms with E-state index in [1.54, 1.807) is 72.8 Å². The fourth-order valence-corrected chi connectivity index (χ4v) is 2.02. The van der Waals surface area contributed by atoms with E-state index in [1.807, 2.05) is 65.8 Å². The van der Waals surface area contributed by atoms with Crippen LogP contribution in [0.4, 0.5) is 0 Å². The average Bonchev–Trinajstić information content (AvgIpc) is 3.02. The molecule has 0 amide bonds. The third-order valence-electron chi connectivity index (χ3n) is 3.52. The van der Waals surface area contributed by atoms with Crippen molar-refractivity contribution in [3.63, 3.8) is 0 Å². The van der Waals surface area contributed by atoms with Crippen LogP contribution < -0.4 is 0 Å². The number of aliphatic hydroxyl groups excluding tert-OH is 2. The fourth-order valence-electron chi connectivity index (χ4n) is 2.02. The summed E-state index contributed by atoms with van der Waals surface area (Å²) in [6, 6.07) is 27.9. The molecule has 0 aliphatic rings. The van der Waals surface area contributed by atoms with E-state index >= 15 is 0 Å². The van der Waals surface area contributed by atoms with Crippen LogP contribution in [0.1, 0.15) is 75.2 Å². The predicted molar refractivity (Wildman–Crippen MR) is 149 cm³/mol. The topological polar surface area (TPSA) is 142 Å². The molecular weight excluding hydrogens is 468 g/mol. The maximum atomic E-state index is 10.2. The van der Waals surface area contributed by atoms with Crippen molar-refractivity contribution in [2.45, 2.75) is 53.8 Å². The van der Waals surface area contributed by atoms with Gasteiger partial charge in [0.15, 0.2) is 12.2 Å². The molecule has 200 valence electrons. The number of carbonyl (C=O) groups excluding carboxylic acids is 1. The summed E-state index contributed by atoms with van der Waals surface area (Å²) in [5, 5.41) is 41.1. The van der Waals surface area contributed by atoms with Gasteiger partial charge in [0, 0.05) is 12.1 Å². The summed E-state index contributed by atoms with van der Waals surface area (Å²) in [7, 11) is 0. The average molecular weight is 509 g/mol. The standard InChI is InChI=1S/C8H7NO.C8H8O3.C7H6O.3C2H6.CHN/c9-6-8(10)7-4-2-1-3-5-7;9-7(8(10)11)6-4-2-1-3-5-6;8-6-7-4-2-1-3-5-7;4*1-2/h1-5,8,10H;1-5,7,9H,(H,10,11);1-6H;3*1-2H3;1H. The van der Waals surface area contributed by atoms with Gasteiger partial charge in [0.2, 0.25) is 0 Å². The van der Waals surface area contributed by atoms with E-state index in [4.69, 9.17) is 25.8 Å². The van der Waals surface area contributed by atoms with E-state index < -0.39 is 18.2 Å². The summed E-state index contributed by atoms with van der Waals surface area (Å²) in [6.07, 6.45) is -1.56. The van der Waals surface area contributed by atoms with Gasteiger partial charge in [0.1, 0.15) is 6.29 Å². The van der Waals surface area contributed by atoms with E-state index in [0.717, 1.165) is 11.8 Å². The molecule has 37 heavy (non-hydrogen) atoms. The van der Waals surface area contributed by atoms with Gasteiger partial charge in [-0.3, -0.25) is 4.79 Å². The fraction of sp³-hybridized carbons (Fsp3) is 0.267. The quantitative estimate of drug-likeness (QED) is 0.261. The van der Waals surface area contributed by atoms with E-state index in [1.165, 1.54) is 0 Å². The van der Waals surface area contributed by atoms with Crippen molar-refractivity contribution in [1.82, 2.24) is 0 Å². The van der Waals surface area contributed by atoms with Crippen LogP contribution in [0.2, 0.25) is 0 Å². The van der Waals surface area contributed by atoms with Crippen LogP contribution in [0.5, 0.6) is 0 Å². The molecule has 3 aromatic carbocycles. The van der Waals surface area contributed by atoms with Gasteiger partial charge in [0.05, 0.1) is 6.07 Å². The largest absolute Gasteiger partial charge is 0.479 e. The first kappa shape index (κ1) is 39.9. The summed E-state index contributed by atoms with van der Waals surface area (Å²) in [5.74, 6) is -1.23. The first-order valence-corrected chi connectivity index (χ1v) is 11.8. The van der Waals surface area contributed by atoms with Crippen molar-refractivity contribution >= 4 is 12.3 Å². The lowest BCUT2D eigenvalue weighted by atomic mass is 10.1. The molecule has 0 fully saturated rings. The highest BCUT2D eigenvalue weighted by atomic mass is 16.4. The Bertz CT molecular complexity index is 941. The highest BCUT2D eigenvalue weighted by Crippen LogP contribution is 2.11. The minimum atomic E-state index is -1.41. The molecule has 0 radical (unpaired) electrons. The van der Waals surface area contributed by atoms with Gasteiger partial charge in [-0.2, -0.15) is 5.26 Å². The van der Waals surface area contributed by atoms with Gasteiger partial charge in [-0.1, -0.05) is 133 Å². The number of benzene rings is 3. The zero-order valence-electron chi connectivity index (χ0n) is 22.5. The lowest BCUT2D eigenvalue weighted by Gasteiger charge is -2.03. The number of aliphatic carboxylic acids is 1. The zero-order valence-corrected chi connectivity index (χ0v) is 22.5. The Kier molecular flexibility index (Phi) is 34.2. The van der Waals surface area contributed by atoms with Crippen molar-refractivity contribution in [3.8, 4) is 12.6 Å².